The summed E-state index contributed by atoms with van der Waals surface area (Å²) >= 11 is 0. The number of fused-ring (bicyclic) bond motifs is 1. The molecule has 0 radical (unpaired) electrons. The Bertz CT molecular complexity index is 349. The molecule has 0 heterocycles. The molecule has 0 spiro atoms. The van der Waals surface area contributed by atoms with Crippen LogP contribution in [0.3, 0.4) is 0 Å². The van der Waals surface area contributed by atoms with Crippen molar-refractivity contribution in [2.45, 2.75) is 19.3 Å². The van der Waals surface area contributed by atoms with Gasteiger partial charge in [0, 0.05) is 0 Å². The molecule has 1 atom stereocenters. The second kappa shape index (κ2) is 3.80. The first-order valence-electron chi connectivity index (χ1n) is 4.78. The molecule has 1 aliphatic rings. The number of carbonyl (C=O) groups excluding carboxylic acids is 1. The Morgan fingerprint density at radius 2 is 2.07 bits per heavy atom. The smallest absolute Gasteiger partial charge is 0.327 e. The highest BCUT2D eigenvalue weighted by molar-refractivity contribution is 5.73. The predicted molar refractivity (Wildman–Crippen MR) is 52.2 cm³/mol. The van der Waals surface area contributed by atoms with Gasteiger partial charge >= 0.3 is 5.97 Å². The molecule has 1 aromatic carbocycles. The van der Waals surface area contributed by atoms with Crippen molar-refractivity contribution >= 4 is 5.97 Å². The van der Waals surface area contributed by atoms with E-state index >= 15 is 0 Å². The van der Waals surface area contributed by atoms with Crippen LogP contribution in [0, 0.1) is 5.92 Å². The third kappa shape index (κ3) is 1.63. The van der Waals surface area contributed by atoms with Crippen molar-refractivity contribution < 1.29 is 9.63 Å². The molecule has 2 rings (SSSR count). The van der Waals surface area contributed by atoms with E-state index < -0.39 is 0 Å². The maximum absolute atomic E-state index is 11.2. The summed E-state index contributed by atoms with van der Waals surface area (Å²) in [5.74, 6) is 4.52. The molecule has 0 saturated carbocycles. The van der Waals surface area contributed by atoms with Crippen LogP contribution in [0.1, 0.15) is 17.5 Å². The fourth-order valence-corrected chi connectivity index (χ4v) is 2.00. The van der Waals surface area contributed by atoms with Crippen LogP contribution >= 0.6 is 0 Å². The highest BCUT2D eigenvalue weighted by Crippen LogP contribution is 2.25. The van der Waals surface area contributed by atoms with Crippen molar-refractivity contribution in [1.29, 1.82) is 0 Å². The normalized spacial score (nSPS) is 19.9. The molecule has 1 unspecified atom stereocenters. The molecule has 0 amide bonds. The van der Waals surface area contributed by atoms with Gasteiger partial charge in [-0.1, -0.05) is 24.3 Å². The number of aryl methyl sites for hydroxylation is 1. The van der Waals surface area contributed by atoms with E-state index in [4.69, 9.17) is 5.90 Å². The summed E-state index contributed by atoms with van der Waals surface area (Å²) in [5.41, 5.74) is 2.59. The van der Waals surface area contributed by atoms with Gasteiger partial charge in [0.15, 0.2) is 0 Å². The zero-order valence-corrected chi connectivity index (χ0v) is 7.90. The number of hydrogen-bond donors (Lipinski definition) is 1. The van der Waals surface area contributed by atoms with Gasteiger partial charge in [-0.05, 0) is 30.4 Å². The van der Waals surface area contributed by atoms with Crippen molar-refractivity contribution in [2.24, 2.45) is 11.8 Å². The summed E-state index contributed by atoms with van der Waals surface area (Å²) < 4.78 is 0. The molecular weight excluding hydrogens is 178 g/mol. The van der Waals surface area contributed by atoms with Crippen LogP contribution in [0.2, 0.25) is 0 Å². The van der Waals surface area contributed by atoms with Gasteiger partial charge in [-0.3, -0.25) is 4.79 Å². The van der Waals surface area contributed by atoms with Gasteiger partial charge in [0.2, 0.25) is 0 Å². The van der Waals surface area contributed by atoms with Crippen molar-refractivity contribution in [3.63, 3.8) is 0 Å². The lowest BCUT2D eigenvalue weighted by Gasteiger charge is -2.21. The van der Waals surface area contributed by atoms with Crippen molar-refractivity contribution in [3.8, 4) is 0 Å². The first-order chi connectivity index (χ1) is 6.81. The minimum Gasteiger partial charge on any atom is -0.373 e. The van der Waals surface area contributed by atoms with E-state index in [-0.39, 0.29) is 11.9 Å². The summed E-state index contributed by atoms with van der Waals surface area (Å²) in [6.07, 6.45) is 2.54. The van der Waals surface area contributed by atoms with Gasteiger partial charge in [-0.15, -0.1) is 0 Å². The molecule has 0 aliphatic heterocycles. The quantitative estimate of drug-likeness (QED) is 0.679. The third-order valence-electron chi connectivity index (χ3n) is 2.80. The Hall–Kier alpha value is -1.35. The van der Waals surface area contributed by atoms with Gasteiger partial charge in [0.1, 0.15) is 0 Å². The molecule has 1 aromatic rings. The summed E-state index contributed by atoms with van der Waals surface area (Å²) in [7, 11) is 0. The van der Waals surface area contributed by atoms with E-state index in [0.717, 1.165) is 19.3 Å². The molecule has 0 aromatic heterocycles. The monoisotopic (exact) mass is 191 g/mol. The van der Waals surface area contributed by atoms with E-state index in [1.807, 2.05) is 12.1 Å². The Balaban J connectivity index is 2.17. The second-order valence-corrected chi connectivity index (χ2v) is 3.65. The SMILES string of the molecule is NOC(=O)C1CCc2ccccc2C1. The Labute approximate surface area is 82.8 Å². The maximum atomic E-state index is 11.2. The number of benzene rings is 1. The van der Waals surface area contributed by atoms with E-state index in [9.17, 15) is 4.79 Å². The molecule has 0 fully saturated rings. The summed E-state index contributed by atoms with van der Waals surface area (Å²) in [6, 6.07) is 8.19. The standard InChI is InChI=1S/C11H13NO2/c12-14-11(13)10-6-5-8-3-1-2-4-9(8)7-10/h1-4,10H,5-7,12H2. The van der Waals surface area contributed by atoms with Crippen LogP contribution in [0.5, 0.6) is 0 Å². The zero-order valence-electron chi connectivity index (χ0n) is 7.90. The molecule has 2 N–H and O–H groups in total. The summed E-state index contributed by atoms with van der Waals surface area (Å²) in [4.78, 5) is 15.5. The van der Waals surface area contributed by atoms with E-state index in [2.05, 4.69) is 17.0 Å². The first kappa shape index (κ1) is 9.21. The molecule has 14 heavy (non-hydrogen) atoms. The average Bonchev–Trinajstić information content (AvgIpc) is 2.27. The minimum absolute atomic E-state index is 0.0603. The number of hydrogen-bond acceptors (Lipinski definition) is 3. The molecular formula is C11H13NO2. The maximum Gasteiger partial charge on any atom is 0.327 e. The van der Waals surface area contributed by atoms with E-state index in [1.165, 1.54) is 11.1 Å². The predicted octanol–water partition coefficient (Wildman–Crippen LogP) is 1.21. The van der Waals surface area contributed by atoms with Crippen LogP contribution < -0.4 is 5.90 Å². The van der Waals surface area contributed by atoms with E-state index in [0.29, 0.717) is 0 Å². The van der Waals surface area contributed by atoms with Crippen molar-refractivity contribution in [3.05, 3.63) is 35.4 Å². The largest absolute Gasteiger partial charge is 0.373 e. The number of carbonyl (C=O) groups is 1. The highest BCUT2D eigenvalue weighted by Gasteiger charge is 2.25. The van der Waals surface area contributed by atoms with Gasteiger partial charge in [-0.25, -0.2) is 0 Å². The van der Waals surface area contributed by atoms with Gasteiger partial charge < -0.3 is 4.84 Å². The van der Waals surface area contributed by atoms with E-state index in [1.54, 1.807) is 0 Å². The van der Waals surface area contributed by atoms with Crippen LogP contribution in [0.4, 0.5) is 0 Å². The Morgan fingerprint density at radius 3 is 2.79 bits per heavy atom. The fourth-order valence-electron chi connectivity index (χ4n) is 2.00. The van der Waals surface area contributed by atoms with Crippen LogP contribution in [-0.4, -0.2) is 5.97 Å². The minimum atomic E-state index is -0.292. The molecule has 1 aliphatic carbocycles. The summed E-state index contributed by atoms with van der Waals surface area (Å²) in [6.45, 7) is 0. The van der Waals surface area contributed by atoms with Crippen molar-refractivity contribution in [2.75, 3.05) is 0 Å². The molecule has 74 valence electrons. The molecule has 0 saturated heterocycles. The zero-order chi connectivity index (χ0) is 9.97. The van der Waals surface area contributed by atoms with Crippen LogP contribution in [-0.2, 0) is 22.5 Å². The Morgan fingerprint density at radius 1 is 1.36 bits per heavy atom. The fraction of sp³-hybridized carbons (Fsp3) is 0.364. The summed E-state index contributed by atoms with van der Waals surface area (Å²) in [5, 5.41) is 0. The lowest BCUT2D eigenvalue weighted by Crippen LogP contribution is -2.26. The van der Waals surface area contributed by atoms with Gasteiger partial charge in [-0.2, -0.15) is 5.90 Å². The average molecular weight is 191 g/mol. The third-order valence-corrected chi connectivity index (χ3v) is 2.80. The molecule has 3 nitrogen and oxygen atoms in total. The molecule has 0 bridgehead atoms. The second-order valence-electron chi connectivity index (χ2n) is 3.65. The molecule has 3 heteroatoms. The Kier molecular flexibility index (Phi) is 2.50. The topological polar surface area (TPSA) is 52.3 Å². The van der Waals surface area contributed by atoms with Crippen molar-refractivity contribution in [1.82, 2.24) is 0 Å². The lowest BCUT2D eigenvalue weighted by molar-refractivity contribution is -0.149. The first-order valence-corrected chi connectivity index (χ1v) is 4.78. The van der Waals surface area contributed by atoms with Crippen LogP contribution in [0.25, 0.3) is 0 Å². The van der Waals surface area contributed by atoms with Crippen LogP contribution in [0.15, 0.2) is 24.3 Å². The lowest BCUT2D eigenvalue weighted by atomic mass is 9.84. The van der Waals surface area contributed by atoms with Gasteiger partial charge in [0.05, 0.1) is 5.92 Å². The van der Waals surface area contributed by atoms with Gasteiger partial charge in [0.25, 0.3) is 0 Å². The number of nitrogens with two attached hydrogens (primary N) is 1. The highest BCUT2D eigenvalue weighted by atomic mass is 16.7. The number of rotatable bonds is 1.